The van der Waals surface area contributed by atoms with E-state index in [-0.39, 0.29) is 36.8 Å². The number of hydrazone groups is 1. The first-order valence-corrected chi connectivity index (χ1v) is 11.1. The normalized spacial score (nSPS) is 14.4. The summed E-state index contributed by atoms with van der Waals surface area (Å²) in [6, 6.07) is 4.75. The van der Waals surface area contributed by atoms with E-state index in [1.807, 2.05) is 6.07 Å². The van der Waals surface area contributed by atoms with E-state index in [0.29, 0.717) is 23.2 Å². The summed E-state index contributed by atoms with van der Waals surface area (Å²) in [5.41, 5.74) is 6.63. The van der Waals surface area contributed by atoms with Crippen molar-refractivity contribution in [2.24, 2.45) is 10.8 Å². The number of hydrogen-bond donors (Lipinski definition) is 3. The molecule has 0 fully saturated rings. The molecule has 3 aromatic rings. The van der Waals surface area contributed by atoms with Gasteiger partial charge in [-0.3, -0.25) is 9.48 Å². The molecule has 1 aliphatic heterocycles. The largest absolute Gasteiger partial charge is 0.368 e. The Morgan fingerprint density at radius 2 is 2.08 bits per heavy atom. The number of carbonyl (C=O) groups excluding carboxylic acids is 2. The smallest absolute Gasteiger partial charge is 0.338 e. The van der Waals surface area contributed by atoms with Gasteiger partial charge in [0.15, 0.2) is 5.82 Å². The zero-order chi connectivity index (χ0) is 26.5. The highest BCUT2D eigenvalue weighted by Crippen LogP contribution is 2.29. The van der Waals surface area contributed by atoms with Crippen molar-refractivity contribution in [1.82, 2.24) is 30.1 Å². The maximum absolute atomic E-state index is 14.4. The van der Waals surface area contributed by atoms with Crippen LogP contribution >= 0.6 is 0 Å². The van der Waals surface area contributed by atoms with Gasteiger partial charge >= 0.3 is 6.03 Å². The predicted octanol–water partition coefficient (Wildman–Crippen LogP) is 1.84. The van der Waals surface area contributed by atoms with E-state index in [2.05, 4.69) is 30.8 Å². The summed E-state index contributed by atoms with van der Waals surface area (Å²) in [5.74, 6) is -1.71. The summed E-state index contributed by atoms with van der Waals surface area (Å²) in [5, 5.41) is 24.1. The number of nitriles is 1. The Balaban J connectivity index is 1.36. The van der Waals surface area contributed by atoms with Gasteiger partial charge in [0.1, 0.15) is 18.1 Å². The molecule has 0 bridgehead atoms. The molecule has 0 radical (unpaired) electrons. The van der Waals surface area contributed by atoms with Crippen molar-refractivity contribution in [3.63, 3.8) is 0 Å². The zero-order valence-electron chi connectivity index (χ0n) is 19.7. The van der Waals surface area contributed by atoms with E-state index in [1.165, 1.54) is 28.0 Å². The number of carbonyl (C=O) groups is 2. The first kappa shape index (κ1) is 25.2. The van der Waals surface area contributed by atoms with Crippen molar-refractivity contribution in [3.05, 3.63) is 59.0 Å². The fourth-order valence-corrected chi connectivity index (χ4v) is 3.81. The van der Waals surface area contributed by atoms with Crippen LogP contribution in [0.2, 0.25) is 0 Å². The molecule has 3 amide bonds. The number of hydrogen-bond acceptors (Lipinski definition) is 8. The van der Waals surface area contributed by atoms with Gasteiger partial charge in [0.25, 0.3) is 0 Å². The lowest BCUT2D eigenvalue weighted by Crippen LogP contribution is -2.39. The number of primary amides is 1. The molecule has 1 aromatic carbocycles. The summed E-state index contributed by atoms with van der Waals surface area (Å²) in [6.07, 6.45) is 4.40. The van der Waals surface area contributed by atoms with Crippen molar-refractivity contribution < 1.29 is 18.4 Å². The molecule has 0 aliphatic carbocycles. The van der Waals surface area contributed by atoms with Crippen LogP contribution in [0.3, 0.4) is 0 Å². The van der Waals surface area contributed by atoms with E-state index >= 15 is 0 Å². The fourth-order valence-electron chi connectivity index (χ4n) is 3.81. The van der Waals surface area contributed by atoms with Crippen molar-refractivity contribution in [1.29, 1.82) is 5.26 Å². The predicted molar refractivity (Wildman–Crippen MR) is 128 cm³/mol. The Kier molecular flexibility index (Phi) is 7.33. The minimum absolute atomic E-state index is 0.00386. The molecule has 14 heteroatoms. The Morgan fingerprint density at radius 1 is 1.27 bits per heavy atom. The second-order valence-electron chi connectivity index (χ2n) is 8.12. The first-order valence-electron chi connectivity index (χ1n) is 11.1. The Labute approximate surface area is 209 Å². The van der Waals surface area contributed by atoms with Crippen molar-refractivity contribution in [3.8, 4) is 17.3 Å². The average molecular weight is 508 g/mol. The molecule has 1 aliphatic rings. The lowest BCUT2D eigenvalue weighted by molar-refractivity contribution is -0.118. The number of halogens is 2. The van der Waals surface area contributed by atoms with Crippen LogP contribution in [0.1, 0.15) is 29.3 Å². The Bertz CT molecular complexity index is 1410. The molecule has 3 heterocycles. The van der Waals surface area contributed by atoms with Gasteiger partial charge in [0, 0.05) is 37.5 Å². The number of amides is 3. The molecule has 12 nitrogen and oxygen atoms in total. The third-order valence-electron chi connectivity index (χ3n) is 5.42. The molecule has 37 heavy (non-hydrogen) atoms. The number of nitrogens with zero attached hydrogens (tertiary/aromatic N) is 7. The zero-order valence-corrected chi connectivity index (χ0v) is 19.7. The number of urea groups is 1. The van der Waals surface area contributed by atoms with Gasteiger partial charge < -0.3 is 16.4 Å². The Morgan fingerprint density at radius 3 is 2.84 bits per heavy atom. The molecule has 0 unspecified atom stereocenters. The van der Waals surface area contributed by atoms with Crippen LogP contribution < -0.4 is 16.4 Å². The van der Waals surface area contributed by atoms with Gasteiger partial charge in [-0.2, -0.15) is 15.5 Å². The molecule has 0 spiro atoms. The molecule has 190 valence electrons. The molecule has 0 saturated carbocycles. The number of nitrogens with one attached hydrogen (secondary N) is 2. The maximum atomic E-state index is 14.4. The van der Waals surface area contributed by atoms with Gasteiger partial charge in [0.2, 0.25) is 11.9 Å². The Hall–Kier alpha value is -4.93. The van der Waals surface area contributed by atoms with Crippen molar-refractivity contribution in [2.75, 3.05) is 18.4 Å². The van der Waals surface area contributed by atoms with Crippen LogP contribution in [0.15, 0.2) is 35.7 Å². The van der Waals surface area contributed by atoms with E-state index in [9.17, 15) is 18.4 Å². The first-order chi connectivity index (χ1) is 17.7. The second kappa shape index (κ2) is 10.8. The maximum Gasteiger partial charge on any atom is 0.338 e. The summed E-state index contributed by atoms with van der Waals surface area (Å²) >= 11 is 0. The third kappa shape index (κ3) is 5.84. The quantitative estimate of drug-likeness (QED) is 0.390. The minimum atomic E-state index is -0.671. The molecule has 4 N–H and O–H groups in total. The molecular formula is C23H22F2N10O2. The van der Waals surface area contributed by atoms with Gasteiger partial charge in [-0.15, -0.1) is 0 Å². The number of rotatable bonds is 8. The molecule has 0 saturated heterocycles. The highest BCUT2D eigenvalue weighted by Gasteiger charge is 2.28. The third-order valence-corrected chi connectivity index (χ3v) is 5.42. The number of nitrogens with two attached hydrogens (primary N) is 1. The van der Waals surface area contributed by atoms with Crippen molar-refractivity contribution in [2.45, 2.75) is 25.9 Å². The molecule has 4 rings (SSSR count). The topological polar surface area (TPSA) is 167 Å². The monoisotopic (exact) mass is 508 g/mol. The van der Waals surface area contributed by atoms with Crippen LogP contribution in [0, 0.1) is 29.9 Å². The molecule has 2 aromatic heterocycles. The second-order valence-corrected chi connectivity index (χ2v) is 8.12. The highest BCUT2D eigenvalue weighted by atomic mass is 19.1. The minimum Gasteiger partial charge on any atom is -0.368 e. The molecule has 1 atom stereocenters. The van der Waals surface area contributed by atoms with Crippen LogP contribution in [0.25, 0.3) is 11.3 Å². The van der Waals surface area contributed by atoms with Crippen LogP contribution in [-0.4, -0.2) is 56.0 Å². The number of aryl methyl sites for hydroxylation is 1. The number of anilines is 1. The SMILES string of the molecule is Cc1nn(CC(N)=O)cc1-c1nc(NCCNC(=O)N2N=CC[C@H]2c2cc(F)cc(C#N)c2)ncc1F. The van der Waals surface area contributed by atoms with Gasteiger partial charge in [-0.25, -0.2) is 28.6 Å². The van der Waals surface area contributed by atoms with E-state index in [4.69, 9.17) is 11.0 Å². The lowest BCUT2D eigenvalue weighted by Gasteiger charge is -2.22. The van der Waals surface area contributed by atoms with Gasteiger partial charge in [0.05, 0.1) is 29.6 Å². The average Bonchev–Trinajstić information content (AvgIpc) is 3.48. The summed E-state index contributed by atoms with van der Waals surface area (Å²) in [6.45, 7) is 1.85. The lowest BCUT2D eigenvalue weighted by atomic mass is 10.0. The number of benzene rings is 1. The van der Waals surface area contributed by atoms with Crippen LogP contribution in [0.5, 0.6) is 0 Å². The highest BCUT2D eigenvalue weighted by molar-refractivity contribution is 5.78. The van der Waals surface area contributed by atoms with Gasteiger partial charge in [-0.1, -0.05) is 0 Å². The standard InChI is InChI=1S/C23H22F2N10O2/c1-13-17(11-34(33-13)12-20(27)36)21-18(25)10-30-22(32-21)28-4-5-29-23(37)35-19(2-3-31-35)15-6-14(9-26)7-16(24)8-15/h3,6-8,10-11,19H,2,4-5,12H2,1H3,(H2,27,36)(H,29,37)(H,28,30,32)/t19-/m0/s1. The van der Waals surface area contributed by atoms with Crippen LogP contribution in [-0.2, 0) is 11.3 Å². The van der Waals surface area contributed by atoms with Crippen molar-refractivity contribution >= 4 is 24.1 Å². The summed E-state index contributed by atoms with van der Waals surface area (Å²) in [4.78, 5) is 31.9. The molecular weight excluding hydrogens is 486 g/mol. The van der Waals surface area contributed by atoms with E-state index in [0.717, 1.165) is 12.3 Å². The van der Waals surface area contributed by atoms with E-state index in [1.54, 1.807) is 13.1 Å². The van der Waals surface area contributed by atoms with E-state index < -0.39 is 29.6 Å². The fraction of sp³-hybridized carbons (Fsp3) is 0.261. The van der Waals surface area contributed by atoms with Crippen LogP contribution in [0.4, 0.5) is 19.5 Å². The summed E-state index contributed by atoms with van der Waals surface area (Å²) in [7, 11) is 0. The van der Waals surface area contributed by atoms with Gasteiger partial charge in [-0.05, 0) is 30.7 Å². The number of aromatic nitrogens is 4. The summed E-state index contributed by atoms with van der Waals surface area (Å²) < 4.78 is 29.6.